The summed E-state index contributed by atoms with van der Waals surface area (Å²) in [6.07, 6.45) is 1.10. The van der Waals surface area contributed by atoms with Gasteiger partial charge in [0.15, 0.2) is 17.5 Å². The molecule has 0 amide bonds. The van der Waals surface area contributed by atoms with Gasteiger partial charge in [-0.3, -0.25) is 4.99 Å². The first-order valence-corrected chi connectivity index (χ1v) is 8.91. The minimum absolute atomic E-state index is 0. The average molecular weight is 474 g/mol. The van der Waals surface area contributed by atoms with Gasteiger partial charge in [0.25, 0.3) is 0 Å². The highest BCUT2D eigenvalue weighted by Gasteiger charge is 2.11. The third-order valence-corrected chi connectivity index (χ3v) is 3.76. The van der Waals surface area contributed by atoms with Crippen molar-refractivity contribution in [1.82, 2.24) is 15.4 Å². The van der Waals surface area contributed by atoms with Crippen LogP contribution in [0.25, 0.3) is 0 Å². The molecule has 0 bridgehead atoms. The van der Waals surface area contributed by atoms with Crippen molar-refractivity contribution in [2.75, 3.05) is 33.5 Å². The molecule has 24 heavy (non-hydrogen) atoms. The molecule has 0 radical (unpaired) electrons. The number of sulfonamides is 1. The van der Waals surface area contributed by atoms with Gasteiger partial charge in [-0.05, 0) is 24.6 Å². The van der Waals surface area contributed by atoms with Crippen LogP contribution in [0.3, 0.4) is 0 Å². The number of ether oxygens (including phenoxy) is 1. The summed E-state index contributed by atoms with van der Waals surface area (Å²) in [5, 5.41) is 6.07. The number of aliphatic imine (C=N–C) groups is 1. The average Bonchev–Trinajstić information content (AvgIpc) is 2.49. The van der Waals surface area contributed by atoms with Crippen LogP contribution in [0.4, 0.5) is 4.39 Å². The van der Waals surface area contributed by atoms with Crippen LogP contribution in [0.15, 0.2) is 23.2 Å². The Kier molecular flexibility index (Phi) is 10.2. The maximum absolute atomic E-state index is 13.7. The fourth-order valence-electron chi connectivity index (χ4n) is 1.85. The predicted molar refractivity (Wildman–Crippen MR) is 104 cm³/mol. The van der Waals surface area contributed by atoms with E-state index in [0.29, 0.717) is 12.5 Å². The van der Waals surface area contributed by atoms with E-state index in [1.807, 2.05) is 6.92 Å². The topological polar surface area (TPSA) is 91.8 Å². The first kappa shape index (κ1) is 22.9. The molecule has 0 aromatic heterocycles. The van der Waals surface area contributed by atoms with Gasteiger partial charge in [-0.25, -0.2) is 17.5 Å². The zero-order chi connectivity index (χ0) is 17.5. The highest BCUT2D eigenvalue weighted by molar-refractivity contribution is 14.0. The summed E-state index contributed by atoms with van der Waals surface area (Å²) >= 11 is 0. The van der Waals surface area contributed by atoms with Crippen molar-refractivity contribution in [3.8, 4) is 5.75 Å². The van der Waals surface area contributed by atoms with Crippen molar-refractivity contribution in [3.63, 3.8) is 0 Å². The van der Waals surface area contributed by atoms with Gasteiger partial charge in [0.2, 0.25) is 10.0 Å². The van der Waals surface area contributed by atoms with E-state index >= 15 is 0 Å². The number of nitrogens with zero attached hydrogens (tertiary/aromatic N) is 1. The number of halogens is 2. The quantitative estimate of drug-likeness (QED) is 0.239. The van der Waals surface area contributed by atoms with Crippen molar-refractivity contribution in [2.45, 2.75) is 13.0 Å². The second-order valence-corrected chi connectivity index (χ2v) is 6.76. The second-order valence-electron chi connectivity index (χ2n) is 4.93. The Labute approximate surface area is 159 Å². The highest BCUT2D eigenvalue weighted by atomic mass is 127. The molecule has 10 heteroatoms. The molecule has 1 unspecified atom stereocenters. The lowest BCUT2D eigenvalue weighted by atomic mass is 10.1. The Balaban J connectivity index is 0.00000529. The lowest BCUT2D eigenvalue weighted by Gasteiger charge is -2.18. The van der Waals surface area contributed by atoms with Gasteiger partial charge in [-0.15, -0.1) is 24.0 Å². The van der Waals surface area contributed by atoms with Crippen LogP contribution in [0.2, 0.25) is 0 Å². The van der Waals surface area contributed by atoms with E-state index in [9.17, 15) is 12.8 Å². The molecule has 138 valence electrons. The summed E-state index contributed by atoms with van der Waals surface area (Å²) in [6, 6.07) is 4.53. The second kappa shape index (κ2) is 10.7. The molecule has 1 rings (SSSR count). The maximum Gasteiger partial charge on any atom is 0.208 e. The van der Waals surface area contributed by atoms with E-state index in [2.05, 4.69) is 20.3 Å². The zero-order valence-corrected chi connectivity index (χ0v) is 17.2. The van der Waals surface area contributed by atoms with E-state index in [1.54, 1.807) is 19.2 Å². The third kappa shape index (κ3) is 8.11. The monoisotopic (exact) mass is 474 g/mol. The van der Waals surface area contributed by atoms with Crippen LogP contribution in [0.1, 0.15) is 18.5 Å². The summed E-state index contributed by atoms with van der Waals surface area (Å²) in [4.78, 5) is 4.04. The van der Waals surface area contributed by atoms with Crippen LogP contribution in [-0.2, 0) is 10.0 Å². The first-order chi connectivity index (χ1) is 10.8. The van der Waals surface area contributed by atoms with Crippen LogP contribution >= 0.6 is 24.0 Å². The Morgan fingerprint density at radius 1 is 1.38 bits per heavy atom. The van der Waals surface area contributed by atoms with Crippen molar-refractivity contribution in [3.05, 3.63) is 29.6 Å². The Bertz CT molecular complexity index is 655. The minimum atomic E-state index is -3.21. The minimum Gasteiger partial charge on any atom is -0.494 e. The smallest absolute Gasteiger partial charge is 0.208 e. The fourth-order valence-corrected chi connectivity index (χ4v) is 2.33. The number of hydrogen-bond donors (Lipinski definition) is 3. The van der Waals surface area contributed by atoms with E-state index in [1.165, 1.54) is 13.2 Å². The number of nitrogens with one attached hydrogen (secondary N) is 3. The number of guanidine groups is 1. The van der Waals surface area contributed by atoms with E-state index < -0.39 is 15.8 Å². The highest BCUT2D eigenvalue weighted by Crippen LogP contribution is 2.21. The maximum atomic E-state index is 13.7. The Morgan fingerprint density at radius 2 is 2.04 bits per heavy atom. The van der Waals surface area contributed by atoms with Gasteiger partial charge in [0.1, 0.15) is 0 Å². The number of methoxy groups -OCH3 is 1. The van der Waals surface area contributed by atoms with E-state index in [0.717, 1.165) is 11.8 Å². The molecule has 7 nitrogen and oxygen atoms in total. The van der Waals surface area contributed by atoms with Crippen molar-refractivity contribution in [2.24, 2.45) is 4.99 Å². The molecule has 0 heterocycles. The number of hydrogen-bond acceptors (Lipinski definition) is 4. The zero-order valence-electron chi connectivity index (χ0n) is 14.1. The van der Waals surface area contributed by atoms with Crippen molar-refractivity contribution >= 4 is 40.0 Å². The first-order valence-electron chi connectivity index (χ1n) is 7.02. The molecule has 3 N–H and O–H groups in total. The van der Waals surface area contributed by atoms with E-state index in [-0.39, 0.29) is 42.3 Å². The molecule has 0 aliphatic rings. The van der Waals surface area contributed by atoms with E-state index in [4.69, 9.17) is 4.74 Å². The summed E-state index contributed by atoms with van der Waals surface area (Å²) in [5.41, 5.74) is 0.737. The molecule has 0 saturated carbocycles. The molecular formula is C14H24FIN4O3S. The van der Waals surface area contributed by atoms with Gasteiger partial charge < -0.3 is 15.4 Å². The normalized spacial score (nSPS) is 13.0. The van der Waals surface area contributed by atoms with Crippen LogP contribution in [0, 0.1) is 5.82 Å². The predicted octanol–water partition coefficient (Wildman–Crippen LogP) is 1.23. The van der Waals surface area contributed by atoms with Gasteiger partial charge in [0.05, 0.1) is 19.4 Å². The summed E-state index contributed by atoms with van der Waals surface area (Å²) in [5.74, 6) is 0.248. The molecule has 0 fully saturated rings. The lowest BCUT2D eigenvalue weighted by Crippen LogP contribution is -2.42. The molecular weight excluding hydrogens is 450 g/mol. The van der Waals surface area contributed by atoms with Crippen LogP contribution in [-0.4, -0.2) is 47.9 Å². The van der Waals surface area contributed by atoms with Crippen LogP contribution < -0.4 is 20.1 Å². The standard InChI is InChI=1S/C14H23FN4O3S.HI/c1-10(11-5-6-13(22-3)12(15)9-11)19-14(16-2)17-7-8-18-23(4,20)21;/h5-6,9-10,18H,7-8H2,1-4H3,(H2,16,17,19);1H. The largest absolute Gasteiger partial charge is 0.494 e. The Morgan fingerprint density at radius 3 is 2.54 bits per heavy atom. The Hall–Kier alpha value is -1.14. The third-order valence-electron chi connectivity index (χ3n) is 3.03. The SMILES string of the molecule is CN=C(NCCNS(C)(=O)=O)NC(C)c1ccc(OC)c(F)c1.I. The molecule has 1 aromatic carbocycles. The van der Waals surface area contributed by atoms with Gasteiger partial charge in [0, 0.05) is 20.1 Å². The van der Waals surface area contributed by atoms with Gasteiger partial charge >= 0.3 is 0 Å². The van der Waals surface area contributed by atoms with Gasteiger partial charge in [-0.1, -0.05) is 6.07 Å². The molecule has 1 atom stereocenters. The van der Waals surface area contributed by atoms with Crippen molar-refractivity contribution in [1.29, 1.82) is 0 Å². The summed E-state index contributed by atoms with van der Waals surface area (Å²) in [7, 11) is -0.199. The molecule has 0 saturated heterocycles. The number of rotatable bonds is 7. The lowest BCUT2D eigenvalue weighted by molar-refractivity contribution is 0.386. The molecule has 1 aromatic rings. The summed E-state index contributed by atoms with van der Waals surface area (Å²) in [6.45, 7) is 2.48. The molecule has 0 aliphatic heterocycles. The van der Waals surface area contributed by atoms with Crippen LogP contribution in [0.5, 0.6) is 5.75 Å². The summed E-state index contributed by atoms with van der Waals surface area (Å²) < 4.78 is 42.9. The van der Waals surface area contributed by atoms with Crippen molar-refractivity contribution < 1.29 is 17.5 Å². The van der Waals surface area contributed by atoms with Gasteiger partial charge in [-0.2, -0.15) is 0 Å². The fraction of sp³-hybridized carbons (Fsp3) is 0.500. The molecule has 0 spiro atoms. The molecule has 0 aliphatic carbocycles. The number of benzene rings is 1.